The molecule has 0 saturated heterocycles. The highest BCUT2D eigenvalue weighted by Crippen LogP contribution is 2.44. The zero-order chi connectivity index (χ0) is 21.4. The average molecular weight is 457 g/mol. The summed E-state index contributed by atoms with van der Waals surface area (Å²) in [6, 6.07) is 3.63. The van der Waals surface area contributed by atoms with E-state index in [1.54, 1.807) is 18.5 Å². The van der Waals surface area contributed by atoms with Crippen molar-refractivity contribution in [2.75, 3.05) is 24.2 Å². The van der Waals surface area contributed by atoms with Crippen LogP contribution in [-0.4, -0.2) is 47.8 Å². The Morgan fingerprint density at radius 3 is 2.74 bits per heavy atom. The van der Waals surface area contributed by atoms with Crippen LogP contribution in [0.5, 0.6) is 0 Å². The molecule has 1 atom stereocenters. The third kappa shape index (κ3) is 3.68. The first-order chi connectivity index (χ1) is 15.2. The highest BCUT2D eigenvalue weighted by molar-refractivity contribution is 7.88. The fourth-order valence-corrected chi connectivity index (χ4v) is 6.62. The number of aliphatic hydroxyl groups is 1. The molecule has 0 spiro atoms. The molecule has 4 N–H and O–H groups in total. The molecule has 0 radical (unpaired) electrons. The van der Waals surface area contributed by atoms with Gasteiger partial charge in [-0.15, -0.1) is 11.3 Å². The lowest BCUT2D eigenvalue weighted by molar-refractivity contribution is 0.311. The van der Waals surface area contributed by atoms with Crippen LogP contribution in [0.3, 0.4) is 0 Å². The van der Waals surface area contributed by atoms with E-state index < -0.39 is 10.8 Å². The number of aromatic nitrogens is 4. The van der Waals surface area contributed by atoms with Gasteiger partial charge < -0.3 is 20.7 Å². The summed E-state index contributed by atoms with van der Waals surface area (Å²) in [5, 5.41) is 16.8. The lowest BCUT2D eigenvalue weighted by Gasteiger charge is -2.23. The van der Waals surface area contributed by atoms with Crippen LogP contribution in [0.1, 0.15) is 19.3 Å². The maximum Gasteiger partial charge on any atom is 0.222 e. The standard InChI is InChI=1S/C20H20N6O3S2/c21-17-16-13(14-4-7-29-26-14)8-15(11-9-23-20(24-10-11)22-5-6-27)25-18(16)30-19(17)31(28)12-2-1-3-12/h4,7-10,12,27H,1-3,5-6,21H2,(H,22,23,24). The van der Waals surface area contributed by atoms with Gasteiger partial charge in [-0.3, -0.25) is 4.21 Å². The Hall–Kier alpha value is -2.89. The second kappa shape index (κ2) is 8.33. The first-order valence-corrected chi connectivity index (χ1v) is 11.9. The van der Waals surface area contributed by atoms with Gasteiger partial charge in [0, 0.05) is 46.8 Å². The lowest BCUT2D eigenvalue weighted by Crippen LogP contribution is -2.23. The molecule has 4 aromatic rings. The largest absolute Gasteiger partial charge is 0.396 e. The van der Waals surface area contributed by atoms with Crippen molar-refractivity contribution >= 4 is 44.0 Å². The minimum absolute atomic E-state index is 0.00520. The Morgan fingerprint density at radius 2 is 2.10 bits per heavy atom. The van der Waals surface area contributed by atoms with Crippen molar-refractivity contribution in [1.29, 1.82) is 0 Å². The van der Waals surface area contributed by atoms with Gasteiger partial charge in [-0.1, -0.05) is 11.6 Å². The van der Waals surface area contributed by atoms with E-state index in [1.165, 1.54) is 17.6 Å². The molecule has 31 heavy (non-hydrogen) atoms. The van der Waals surface area contributed by atoms with E-state index in [2.05, 4.69) is 20.4 Å². The second-order valence-corrected chi connectivity index (χ2v) is 10.1. The van der Waals surface area contributed by atoms with Gasteiger partial charge in [-0.2, -0.15) is 0 Å². The van der Waals surface area contributed by atoms with E-state index in [9.17, 15) is 4.21 Å². The summed E-state index contributed by atoms with van der Waals surface area (Å²) >= 11 is 1.37. The van der Waals surface area contributed by atoms with Gasteiger partial charge in [0.15, 0.2) is 0 Å². The monoisotopic (exact) mass is 456 g/mol. The number of nitrogens with one attached hydrogen (secondary N) is 1. The van der Waals surface area contributed by atoms with Crippen LogP contribution >= 0.6 is 11.3 Å². The number of hydrogen-bond acceptors (Lipinski definition) is 10. The van der Waals surface area contributed by atoms with E-state index in [0.29, 0.717) is 38.6 Å². The van der Waals surface area contributed by atoms with E-state index in [1.807, 2.05) is 6.07 Å². The SMILES string of the molecule is Nc1c(S(=O)C2CCC2)sc2nc(-c3cnc(NCCO)nc3)cc(-c3ccon3)c12. The third-order valence-electron chi connectivity index (χ3n) is 5.26. The number of rotatable bonds is 7. The van der Waals surface area contributed by atoms with Crippen LogP contribution in [0.4, 0.5) is 11.6 Å². The van der Waals surface area contributed by atoms with Crippen LogP contribution < -0.4 is 11.1 Å². The molecule has 1 aliphatic rings. The van der Waals surface area contributed by atoms with E-state index in [0.717, 1.165) is 35.8 Å². The summed E-state index contributed by atoms with van der Waals surface area (Å²) in [6.45, 7) is 0.365. The van der Waals surface area contributed by atoms with Crippen molar-refractivity contribution in [3.63, 3.8) is 0 Å². The minimum atomic E-state index is -1.14. The number of pyridine rings is 1. The highest BCUT2D eigenvalue weighted by Gasteiger charge is 2.29. The number of aliphatic hydroxyl groups excluding tert-OH is 1. The first kappa shape index (κ1) is 20.0. The van der Waals surface area contributed by atoms with Crippen LogP contribution in [0, 0.1) is 0 Å². The molecule has 11 heteroatoms. The molecule has 0 aliphatic heterocycles. The number of nitrogens with two attached hydrogens (primary N) is 1. The minimum Gasteiger partial charge on any atom is -0.396 e. The van der Waals surface area contributed by atoms with Crippen LogP contribution in [0.2, 0.25) is 0 Å². The normalized spacial score (nSPS) is 15.1. The molecule has 0 amide bonds. The zero-order valence-corrected chi connectivity index (χ0v) is 18.1. The quantitative estimate of drug-likeness (QED) is 0.383. The molecule has 9 nitrogen and oxygen atoms in total. The van der Waals surface area contributed by atoms with E-state index in [4.69, 9.17) is 20.3 Å². The molecule has 4 heterocycles. The van der Waals surface area contributed by atoms with Gasteiger partial charge in [-0.25, -0.2) is 15.0 Å². The summed E-state index contributed by atoms with van der Waals surface area (Å²) in [5.41, 5.74) is 9.75. The number of thiophene rings is 1. The molecule has 1 fully saturated rings. The smallest absolute Gasteiger partial charge is 0.222 e. The molecule has 5 rings (SSSR count). The number of anilines is 2. The molecule has 1 saturated carbocycles. The van der Waals surface area contributed by atoms with Crippen molar-refractivity contribution in [3.8, 4) is 22.5 Å². The van der Waals surface area contributed by atoms with Gasteiger partial charge in [-0.05, 0) is 18.9 Å². The zero-order valence-electron chi connectivity index (χ0n) is 16.4. The highest BCUT2D eigenvalue weighted by atomic mass is 32.2. The molecule has 160 valence electrons. The Morgan fingerprint density at radius 1 is 1.29 bits per heavy atom. The molecule has 1 aliphatic carbocycles. The van der Waals surface area contributed by atoms with Gasteiger partial charge in [0.1, 0.15) is 21.0 Å². The maximum absolute atomic E-state index is 13.0. The molecule has 1 unspecified atom stereocenters. The summed E-state index contributed by atoms with van der Waals surface area (Å²) in [7, 11) is -1.14. The van der Waals surface area contributed by atoms with Crippen LogP contribution in [-0.2, 0) is 10.8 Å². The molecular formula is C20H20N6O3S2. The van der Waals surface area contributed by atoms with Crippen molar-refractivity contribution in [2.24, 2.45) is 0 Å². The molecular weight excluding hydrogens is 436 g/mol. The molecule has 4 aromatic heterocycles. The van der Waals surface area contributed by atoms with Gasteiger partial charge >= 0.3 is 0 Å². The summed E-state index contributed by atoms with van der Waals surface area (Å²) in [5.74, 6) is 0.425. The fourth-order valence-electron chi connectivity index (χ4n) is 3.41. The summed E-state index contributed by atoms with van der Waals surface area (Å²) in [6.07, 6.45) is 7.86. The van der Waals surface area contributed by atoms with Gasteiger partial charge in [0.2, 0.25) is 5.95 Å². The van der Waals surface area contributed by atoms with Gasteiger partial charge in [0.05, 0.1) is 28.8 Å². The predicted molar refractivity (Wildman–Crippen MR) is 120 cm³/mol. The number of nitrogens with zero attached hydrogens (tertiary/aromatic N) is 4. The van der Waals surface area contributed by atoms with E-state index >= 15 is 0 Å². The predicted octanol–water partition coefficient (Wildman–Crippen LogP) is 3.05. The average Bonchev–Trinajstić information content (AvgIpc) is 3.39. The number of fused-ring (bicyclic) bond motifs is 1. The molecule has 0 aromatic carbocycles. The second-order valence-electron chi connectivity index (χ2n) is 7.22. The van der Waals surface area contributed by atoms with Crippen LogP contribution in [0.15, 0.2) is 39.5 Å². The topological polar surface area (TPSA) is 140 Å². The maximum atomic E-state index is 13.0. The Bertz CT molecular complexity index is 1240. The Labute approximate surface area is 184 Å². The third-order valence-corrected chi connectivity index (χ3v) is 8.56. The van der Waals surface area contributed by atoms with Crippen molar-refractivity contribution in [3.05, 3.63) is 30.8 Å². The summed E-state index contributed by atoms with van der Waals surface area (Å²) < 4.78 is 18.8. The van der Waals surface area contributed by atoms with Crippen molar-refractivity contribution in [1.82, 2.24) is 20.1 Å². The van der Waals surface area contributed by atoms with Crippen LogP contribution in [0.25, 0.3) is 32.7 Å². The van der Waals surface area contributed by atoms with Gasteiger partial charge in [0.25, 0.3) is 0 Å². The van der Waals surface area contributed by atoms with E-state index in [-0.39, 0.29) is 11.9 Å². The Balaban J connectivity index is 1.62. The number of hydrogen-bond donors (Lipinski definition) is 3. The lowest BCUT2D eigenvalue weighted by atomic mass is 10.0. The number of nitrogen functional groups attached to an aromatic ring is 1. The summed E-state index contributed by atoms with van der Waals surface area (Å²) in [4.78, 5) is 14.0. The Kier molecular flexibility index (Phi) is 5.38. The fraction of sp³-hybridized carbons (Fsp3) is 0.300. The first-order valence-electron chi connectivity index (χ1n) is 9.87. The van der Waals surface area contributed by atoms with Crippen molar-refractivity contribution < 1.29 is 13.8 Å². The van der Waals surface area contributed by atoms with Crippen molar-refractivity contribution in [2.45, 2.75) is 28.7 Å². The molecule has 0 bridgehead atoms.